The predicted octanol–water partition coefficient (Wildman–Crippen LogP) is 3.80. The van der Waals surface area contributed by atoms with Gasteiger partial charge in [-0.3, -0.25) is 9.69 Å². The van der Waals surface area contributed by atoms with Crippen LogP contribution in [0.4, 0.5) is 0 Å². The summed E-state index contributed by atoms with van der Waals surface area (Å²) < 4.78 is 0. The van der Waals surface area contributed by atoms with Gasteiger partial charge in [-0.05, 0) is 33.9 Å². The Hall–Kier alpha value is -2.65. The van der Waals surface area contributed by atoms with Crippen molar-refractivity contribution < 1.29 is 4.79 Å². The van der Waals surface area contributed by atoms with Crippen LogP contribution in [-0.2, 0) is 6.54 Å². The van der Waals surface area contributed by atoms with E-state index in [-0.39, 0.29) is 5.91 Å². The second-order valence-corrected chi connectivity index (χ2v) is 7.50. The number of hydrogen-bond acceptors (Lipinski definition) is 2. The summed E-state index contributed by atoms with van der Waals surface area (Å²) in [4.78, 5) is 14.9. The fraction of sp³-hybridized carbons (Fsp3) is 0.261. The van der Waals surface area contributed by atoms with Crippen LogP contribution in [0.5, 0.6) is 0 Å². The van der Waals surface area contributed by atoms with Gasteiger partial charge < -0.3 is 5.32 Å². The number of nitrogens with one attached hydrogen (secondary N) is 1. The Bertz CT molecular complexity index is 975. The quantitative estimate of drug-likeness (QED) is 0.768. The molecule has 0 aliphatic carbocycles. The van der Waals surface area contributed by atoms with E-state index in [9.17, 15) is 4.79 Å². The molecule has 2 aliphatic heterocycles. The van der Waals surface area contributed by atoms with Gasteiger partial charge in [-0.25, -0.2) is 0 Å². The number of benzene rings is 3. The van der Waals surface area contributed by atoms with Gasteiger partial charge in [0.25, 0.3) is 5.91 Å². The van der Waals surface area contributed by atoms with Crippen molar-refractivity contribution in [1.82, 2.24) is 10.2 Å². The van der Waals surface area contributed by atoms with Crippen molar-refractivity contribution >= 4 is 16.7 Å². The first-order valence-corrected chi connectivity index (χ1v) is 9.36. The van der Waals surface area contributed by atoms with E-state index in [1.54, 1.807) is 0 Å². The van der Waals surface area contributed by atoms with Crippen molar-refractivity contribution in [3.8, 4) is 0 Å². The van der Waals surface area contributed by atoms with E-state index in [4.69, 9.17) is 0 Å². The maximum atomic E-state index is 12.3. The summed E-state index contributed by atoms with van der Waals surface area (Å²) in [6.07, 6.45) is 0. The molecule has 1 N–H and O–H groups in total. The Balaban J connectivity index is 1.44. The average molecular weight is 342 g/mol. The Morgan fingerprint density at radius 3 is 2.69 bits per heavy atom. The van der Waals surface area contributed by atoms with Gasteiger partial charge in [0.1, 0.15) is 0 Å². The number of carbonyl (C=O) groups excluding carboxylic acids is 1. The summed E-state index contributed by atoms with van der Waals surface area (Å²) in [5, 5.41) is 5.77. The normalized spacial score (nSPS) is 22.5. The van der Waals surface area contributed by atoms with Crippen LogP contribution in [0.2, 0.25) is 0 Å². The molecule has 2 heterocycles. The topological polar surface area (TPSA) is 32.3 Å². The summed E-state index contributed by atoms with van der Waals surface area (Å²) in [6, 6.07) is 23.3. The highest BCUT2D eigenvalue weighted by Crippen LogP contribution is 2.37. The van der Waals surface area contributed by atoms with E-state index < -0.39 is 0 Å². The standard InChI is InChI=1S/C23H22N2O/c26-23-21-11-4-3-10-20(21)22-15-25(14-18(22)12-24-23)13-17-8-5-7-16-6-1-2-9-19(16)17/h1-11,18,22H,12-15H2,(H,24,26)/t18-,22?/m0/s1. The van der Waals surface area contributed by atoms with E-state index in [1.807, 2.05) is 12.1 Å². The van der Waals surface area contributed by atoms with Crippen LogP contribution >= 0.6 is 0 Å². The number of likely N-dealkylation sites (tertiary alicyclic amines) is 1. The minimum absolute atomic E-state index is 0.0793. The molecule has 0 aromatic heterocycles. The number of fused-ring (bicyclic) bond motifs is 4. The Morgan fingerprint density at radius 2 is 1.73 bits per heavy atom. The van der Waals surface area contributed by atoms with Gasteiger partial charge in [0.15, 0.2) is 0 Å². The summed E-state index contributed by atoms with van der Waals surface area (Å²) in [5.74, 6) is 0.994. The van der Waals surface area contributed by atoms with Crippen molar-refractivity contribution in [2.75, 3.05) is 19.6 Å². The fourth-order valence-electron chi connectivity index (χ4n) is 4.67. The van der Waals surface area contributed by atoms with Crippen molar-refractivity contribution in [1.29, 1.82) is 0 Å². The third-order valence-electron chi connectivity index (χ3n) is 5.92. The zero-order valence-electron chi connectivity index (χ0n) is 14.7. The molecule has 0 spiro atoms. The molecule has 3 heteroatoms. The van der Waals surface area contributed by atoms with Crippen LogP contribution < -0.4 is 5.32 Å². The minimum Gasteiger partial charge on any atom is -0.352 e. The lowest BCUT2D eigenvalue weighted by Crippen LogP contribution is -2.29. The highest BCUT2D eigenvalue weighted by molar-refractivity contribution is 5.96. The Morgan fingerprint density at radius 1 is 0.923 bits per heavy atom. The fourth-order valence-corrected chi connectivity index (χ4v) is 4.67. The second-order valence-electron chi connectivity index (χ2n) is 7.50. The highest BCUT2D eigenvalue weighted by Gasteiger charge is 2.37. The minimum atomic E-state index is 0.0793. The van der Waals surface area contributed by atoms with E-state index >= 15 is 0 Å². The molecule has 0 radical (unpaired) electrons. The molecule has 1 saturated heterocycles. The Kier molecular flexibility index (Phi) is 3.75. The average Bonchev–Trinajstić information content (AvgIpc) is 3.03. The lowest BCUT2D eigenvalue weighted by atomic mass is 9.87. The largest absolute Gasteiger partial charge is 0.352 e. The molecular weight excluding hydrogens is 320 g/mol. The molecule has 26 heavy (non-hydrogen) atoms. The Labute approximate surface area is 153 Å². The number of hydrogen-bond donors (Lipinski definition) is 1. The van der Waals surface area contributed by atoms with Gasteiger partial charge in [0.05, 0.1) is 0 Å². The lowest BCUT2D eigenvalue weighted by molar-refractivity contribution is 0.0951. The third-order valence-corrected chi connectivity index (χ3v) is 5.92. The van der Waals surface area contributed by atoms with Crippen molar-refractivity contribution in [3.63, 3.8) is 0 Å². The molecule has 3 aromatic rings. The predicted molar refractivity (Wildman–Crippen MR) is 104 cm³/mol. The molecule has 2 atom stereocenters. The number of amides is 1. The van der Waals surface area contributed by atoms with Crippen LogP contribution in [0.1, 0.15) is 27.4 Å². The molecule has 0 saturated carbocycles. The van der Waals surface area contributed by atoms with Gasteiger partial charge in [-0.1, -0.05) is 60.7 Å². The van der Waals surface area contributed by atoms with E-state index in [0.29, 0.717) is 11.8 Å². The molecule has 1 amide bonds. The molecule has 3 nitrogen and oxygen atoms in total. The SMILES string of the molecule is O=C1NC[C@H]2CN(Cc3cccc4ccccc34)CC2c2ccccc21. The number of carbonyl (C=O) groups is 1. The molecular formula is C23H22N2O. The highest BCUT2D eigenvalue weighted by atomic mass is 16.1. The number of nitrogens with zero attached hydrogens (tertiary/aromatic N) is 1. The summed E-state index contributed by atoms with van der Waals surface area (Å²) in [7, 11) is 0. The molecule has 2 aliphatic rings. The first-order valence-electron chi connectivity index (χ1n) is 9.36. The summed E-state index contributed by atoms with van der Waals surface area (Å²) in [6.45, 7) is 3.77. The molecule has 5 rings (SSSR count). The first-order chi connectivity index (χ1) is 12.8. The van der Waals surface area contributed by atoms with Crippen LogP contribution in [0.15, 0.2) is 66.7 Å². The van der Waals surface area contributed by atoms with Crippen LogP contribution in [0.25, 0.3) is 10.8 Å². The molecule has 1 fully saturated rings. The van der Waals surface area contributed by atoms with E-state index in [0.717, 1.165) is 31.7 Å². The van der Waals surface area contributed by atoms with Crippen molar-refractivity contribution in [2.24, 2.45) is 5.92 Å². The summed E-state index contributed by atoms with van der Waals surface area (Å²) >= 11 is 0. The maximum absolute atomic E-state index is 12.3. The first kappa shape index (κ1) is 15.6. The van der Waals surface area contributed by atoms with Crippen molar-refractivity contribution in [3.05, 3.63) is 83.4 Å². The van der Waals surface area contributed by atoms with Gasteiger partial charge in [0.2, 0.25) is 0 Å². The second kappa shape index (κ2) is 6.26. The van der Waals surface area contributed by atoms with E-state index in [1.165, 1.54) is 21.9 Å². The zero-order chi connectivity index (χ0) is 17.5. The van der Waals surface area contributed by atoms with Gasteiger partial charge >= 0.3 is 0 Å². The van der Waals surface area contributed by atoms with Gasteiger partial charge in [-0.15, -0.1) is 0 Å². The molecule has 130 valence electrons. The zero-order valence-corrected chi connectivity index (χ0v) is 14.7. The molecule has 3 aromatic carbocycles. The molecule has 0 bridgehead atoms. The van der Waals surface area contributed by atoms with Crippen LogP contribution in [-0.4, -0.2) is 30.4 Å². The maximum Gasteiger partial charge on any atom is 0.251 e. The van der Waals surface area contributed by atoms with Gasteiger partial charge in [-0.2, -0.15) is 0 Å². The summed E-state index contributed by atoms with van der Waals surface area (Å²) in [5.41, 5.74) is 3.46. The van der Waals surface area contributed by atoms with Crippen molar-refractivity contribution in [2.45, 2.75) is 12.5 Å². The number of rotatable bonds is 2. The van der Waals surface area contributed by atoms with Gasteiger partial charge in [0, 0.05) is 37.7 Å². The smallest absolute Gasteiger partial charge is 0.251 e. The monoisotopic (exact) mass is 342 g/mol. The molecule has 1 unspecified atom stereocenters. The lowest BCUT2D eigenvalue weighted by Gasteiger charge is -2.18. The van der Waals surface area contributed by atoms with Crippen LogP contribution in [0, 0.1) is 5.92 Å². The third kappa shape index (κ3) is 2.60. The van der Waals surface area contributed by atoms with E-state index in [2.05, 4.69) is 64.8 Å². The van der Waals surface area contributed by atoms with Crippen LogP contribution in [0.3, 0.4) is 0 Å².